The monoisotopic (exact) mass is 322 g/mol. The van der Waals surface area contributed by atoms with Gasteiger partial charge in [0, 0.05) is 26.4 Å². The number of hydrogen-bond donors (Lipinski definition) is 0. The third kappa shape index (κ3) is 31.7. The molecule has 0 atom stereocenters. The summed E-state index contributed by atoms with van der Waals surface area (Å²) < 4.78 is 9.82. The van der Waals surface area contributed by atoms with Crippen molar-refractivity contribution in [2.24, 2.45) is 0 Å². The van der Waals surface area contributed by atoms with Crippen molar-refractivity contribution < 1.29 is 19.7 Å². The fourth-order valence-electron chi connectivity index (χ4n) is 0.815. The molecular weight excluding hydrogens is 296 g/mol. The van der Waals surface area contributed by atoms with Gasteiger partial charge < -0.3 is 19.7 Å². The van der Waals surface area contributed by atoms with Crippen molar-refractivity contribution in [2.45, 2.75) is 39.5 Å². The Hall–Kier alpha value is 1.32. The summed E-state index contributed by atoms with van der Waals surface area (Å²) in [6.45, 7) is 6.23. The fraction of sp³-hybridized carbons (Fsp3) is 1.00. The van der Waals surface area contributed by atoms with E-state index in [0.717, 1.165) is 38.9 Å². The second kappa shape index (κ2) is 26.0. The zero-order valence-corrected chi connectivity index (χ0v) is 14.9. The third-order valence-electron chi connectivity index (χ3n) is 1.74. The number of ether oxygens (including phenoxy) is 2. The first kappa shape index (κ1) is 23.4. The third-order valence-corrected chi connectivity index (χ3v) is 1.74. The molecule has 0 N–H and O–H groups in total. The van der Waals surface area contributed by atoms with Crippen LogP contribution in [0.4, 0.5) is 0 Å². The molecule has 0 saturated heterocycles. The van der Waals surface area contributed by atoms with Crippen LogP contribution in [0.3, 0.4) is 0 Å². The van der Waals surface area contributed by atoms with E-state index in [9.17, 15) is 10.2 Å². The fourth-order valence-corrected chi connectivity index (χ4v) is 0.815. The predicted octanol–water partition coefficient (Wildman–Crippen LogP) is -0.0540. The summed E-state index contributed by atoms with van der Waals surface area (Å²) >= 11 is 0. The molecule has 0 aromatic rings. The van der Waals surface area contributed by atoms with Gasteiger partial charge in [-0.1, -0.05) is 26.7 Å². The normalized spacial score (nSPS) is 9.18. The van der Waals surface area contributed by atoms with Gasteiger partial charge in [-0.25, -0.2) is 0 Å². The van der Waals surface area contributed by atoms with Gasteiger partial charge in [0.1, 0.15) is 0 Å². The van der Waals surface area contributed by atoms with E-state index in [1.165, 1.54) is 0 Å². The summed E-state index contributed by atoms with van der Waals surface area (Å²) in [7, 11) is 0. The van der Waals surface area contributed by atoms with Gasteiger partial charge >= 0.3 is 45.5 Å². The minimum Gasteiger partial charge on any atom is -0.853 e. The van der Waals surface area contributed by atoms with Gasteiger partial charge in [-0.15, -0.1) is 13.2 Å². The Kier molecular flexibility index (Phi) is 35.8. The number of rotatable bonds is 10. The van der Waals surface area contributed by atoms with Gasteiger partial charge in [0.15, 0.2) is 0 Å². The van der Waals surface area contributed by atoms with E-state index >= 15 is 0 Å². The first-order valence-electron chi connectivity index (χ1n) is 6.15. The maximum atomic E-state index is 9.77. The van der Waals surface area contributed by atoms with Gasteiger partial charge in [0.05, 0.1) is 0 Å². The number of unbranched alkanes of at least 4 members (excludes halogenated alkanes) is 2. The van der Waals surface area contributed by atoms with Crippen LogP contribution in [-0.4, -0.2) is 85.1 Å². The second-order valence-electron chi connectivity index (χ2n) is 3.34. The van der Waals surface area contributed by atoms with Gasteiger partial charge in [0.25, 0.3) is 0 Å². The molecule has 0 fully saturated rings. The summed E-state index contributed by atoms with van der Waals surface area (Å²) in [5, 5.41) is 19.5. The van der Waals surface area contributed by atoms with Gasteiger partial charge in [-0.3, -0.25) is 0 Å². The molecule has 100 valence electrons. The zero-order valence-electron chi connectivity index (χ0n) is 11.4. The molecule has 0 heterocycles. The van der Waals surface area contributed by atoms with Crippen molar-refractivity contribution in [2.75, 3.05) is 39.6 Å². The molecule has 0 aromatic heterocycles. The van der Waals surface area contributed by atoms with Crippen LogP contribution < -0.4 is 10.2 Å². The molecule has 0 amide bonds. The van der Waals surface area contributed by atoms with Crippen LogP contribution >= 0.6 is 0 Å². The first-order chi connectivity index (χ1) is 7.83. The van der Waals surface area contributed by atoms with Crippen molar-refractivity contribution in [1.29, 1.82) is 0 Å². The molecule has 0 aliphatic rings. The summed E-state index contributed by atoms with van der Waals surface area (Å²) in [6, 6.07) is 0. The largest absolute Gasteiger partial charge is 2.00 e. The predicted molar refractivity (Wildman–Crippen MR) is 66.9 cm³/mol. The van der Waals surface area contributed by atoms with E-state index in [1.807, 2.05) is 0 Å². The van der Waals surface area contributed by atoms with Crippen LogP contribution in [0, 0.1) is 0 Å². The molecule has 0 rings (SSSR count). The van der Waals surface area contributed by atoms with Crippen molar-refractivity contribution >= 4 is 45.5 Å². The Bertz CT molecular complexity index is 80.5. The van der Waals surface area contributed by atoms with Crippen molar-refractivity contribution in [1.82, 2.24) is 0 Å². The van der Waals surface area contributed by atoms with Gasteiger partial charge in [-0.2, -0.15) is 0 Å². The molecule has 4 nitrogen and oxygen atoms in total. The van der Waals surface area contributed by atoms with Gasteiger partial charge in [0.2, 0.25) is 0 Å². The smallest absolute Gasteiger partial charge is 0.853 e. The summed E-state index contributed by atoms with van der Waals surface area (Å²) in [5.74, 6) is 0. The molecule has 0 bridgehead atoms. The summed E-state index contributed by atoms with van der Waals surface area (Å²) in [6.07, 6.45) is 4.41. The van der Waals surface area contributed by atoms with Crippen LogP contribution in [0.25, 0.3) is 0 Å². The van der Waals surface area contributed by atoms with E-state index in [1.54, 1.807) is 0 Å². The van der Waals surface area contributed by atoms with E-state index in [-0.39, 0.29) is 58.7 Å². The first-order valence-corrected chi connectivity index (χ1v) is 6.15. The molecule has 0 saturated carbocycles. The van der Waals surface area contributed by atoms with E-state index in [2.05, 4.69) is 13.8 Å². The maximum Gasteiger partial charge on any atom is 2.00 e. The Morgan fingerprint density at radius 3 is 1.29 bits per heavy atom. The molecule has 0 aliphatic heterocycles. The van der Waals surface area contributed by atoms with E-state index in [4.69, 9.17) is 9.47 Å². The minimum absolute atomic E-state index is 0. The molecule has 0 aliphatic carbocycles. The van der Waals surface area contributed by atoms with Crippen LogP contribution in [0.1, 0.15) is 39.5 Å². The second-order valence-corrected chi connectivity index (χ2v) is 3.34. The Balaban J connectivity index is -0.000000218. The standard InChI is InChI=1S/2C6H13O2.Sr/c2*1-2-3-5-8-6-4-7;/h2*2-6H2,1H3;/q2*-1;+2. The van der Waals surface area contributed by atoms with E-state index in [0.29, 0.717) is 13.2 Å². The van der Waals surface area contributed by atoms with Crippen LogP contribution in [0.2, 0.25) is 0 Å². The molecule has 0 radical (unpaired) electrons. The molecular formula is C12H26O4Sr. The Morgan fingerprint density at radius 1 is 0.706 bits per heavy atom. The SMILES string of the molecule is CCCCOCC[O-].CCCCOCC[O-].[Sr+2]. The van der Waals surface area contributed by atoms with Gasteiger partial charge in [-0.05, 0) is 12.8 Å². The van der Waals surface area contributed by atoms with Crippen molar-refractivity contribution in [3.05, 3.63) is 0 Å². The topological polar surface area (TPSA) is 64.6 Å². The molecule has 17 heavy (non-hydrogen) atoms. The summed E-state index contributed by atoms with van der Waals surface area (Å²) in [4.78, 5) is 0. The van der Waals surface area contributed by atoms with Crippen molar-refractivity contribution in [3.8, 4) is 0 Å². The minimum atomic E-state index is -0.107. The average Bonchev–Trinajstić information content (AvgIpc) is 2.31. The molecule has 5 heteroatoms. The molecule has 0 aromatic carbocycles. The average molecular weight is 322 g/mol. The van der Waals surface area contributed by atoms with Crippen LogP contribution in [0.5, 0.6) is 0 Å². The Labute approximate surface area is 143 Å². The molecule has 0 spiro atoms. The maximum absolute atomic E-state index is 9.77. The zero-order chi connectivity index (χ0) is 12.5. The van der Waals surface area contributed by atoms with Crippen LogP contribution in [0.15, 0.2) is 0 Å². The number of hydrogen-bond acceptors (Lipinski definition) is 4. The summed E-state index contributed by atoms with van der Waals surface area (Å²) in [5.41, 5.74) is 0. The van der Waals surface area contributed by atoms with E-state index < -0.39 is 0 Å². The quantitative estimate of drug-likeness (QED) is 0.418. The Morgan fingerprint density at radius 2 is 1.06 bits per heavy atom. The van der Waals surface area contributed by atoms with Crippen LogP contribution in [-0.2, 0) is 9.47 Å². The molecule has 0 unspecified atom stereocenters. The van der Waals surface area contributed by atoms with Crippen molar-refractivity contribution in [3.63, 3.8) is 0 Å².